The Bertz CT molecular complexity index is 1550. The molecule has 0 aliphatic carbocycles. The monoisotopic (exact) mass is 494 g/mol. The zero-order valence-electron chi connectivity index (χ0n) is 19.7. The van der Waals surface area contributed by atoms with Crippen LogP contribution < -0.4 is 15.4 Å². The maximum absolute atomic E-state index is 13.4. The Morgan fingerprint density at radius 2 is 1.68 bits per heavy atom. The van der Waals surface area contributed by atoms with Gasteiger partial charge in [0.1, 0.15) is 23.8 Å². The van der Waals surface area contributed by atoms with E-state index in [4.69, 9.17) is 4.74 Å². The Hall–Kier alpha value is -4.98. The number of pyridine rings is 1. The number of carbonyl (C=O) groups is 2. The van der Waals surface area contributed by atoms with Gasteiger partial charge in [0.25, 0.3) is 11.8 Å². The number of rotatable bonds is 8. The molecule has 5 rings (SSSR count). The maximum atomic E-state index is 13.4. The number of nitrogens with zero attached hydrogens (tertiary/aromatic N) is 2. The lowest BCUT2D eigenvalue weighted by Crippen LogP contribution is -2.23. The van der Waals surface area contributed by atoms with Crippen LogP contribution in [-0.2, 0) is 13.2 Å². The predicted octanol–water partition coefficient (Wildman–Crippen LogP) is 5.23. The fourth-order valence-electron chi connectivity index (χ4n) is 3.82. The quantitative estimate of drug-likeness (QED) is 0.309. The number of carbonyl (C=O) groups excluding carboxylic acids is 2. The number of imidazole rings is 1. The van der Waals surface area contributed by atoms with Gasteiger partial charge in [0.15, 0.2) is 0 Å². The summed E-state index contributed by atoms with van der Waals surface area (Å²) in [5.41, 5.74) is 3.65. The standard InChI is InChI=1S/C29H23FN4O3/c30-23-9-4-7-21(15-23)29(36)33-24-10-3-6-20(14-24)17-31-28(35)22-8-5-11-26(16-22)37-19-25-18-34-13-2-1-12-27(34)32-25/h1-16,18H,17,19H2,(H,31,35)(H,33,36). The highest BCUT2D eigenvalue weighted by atomic mass is 19.1. The van der Waals surface area contributed by atoms with Crippen LogP contribution in [0, 0.1) is 5.82 Å². The number of halogens is 1. The second-order valence-electron chi connectivity index (χ2n) is 8.36. The number of ether oxygens (including phenoxy) is 1. The van der Waals surface area contributed by atoms with E-state index in [0.717, 1.165) is 16.9 Å². The lowest BCUT2D eigenvalue weighted by atomic mass is 10.1. The average molecular weight is 495 g/mol. The van der Waals surface area contributed by atoms with Gasteiger partial charge in [-0.1, -0.05) is 30.3 Å². The number of fused-ring (bicyclic) bond motifs is 1. The summed E-state index contributed by atoms with van der Waals surface area (Å²) in [4.78, 5) is 29.6. The van der Waals surface area contributed by atoms with Crippen molar-refractivity contribution in [2.45, 2.75) is 13.2 Å². The summed E-state index contributed by atoms with van der Waals surface area (Å²) in [6, 6.07) is 25.3. The summed E-state index contributed by atoms with van der Waals surface area (Å²) in [6.45, 7) is 0.537. The molecule has 184 valence electrons. The number of hydrogen-bond acceptors (Lipinski definition) is 4. The molecule has 2 amide bonds. The smallest absolute Gasteiger partial charge is 0.255 e. The van der Waals surface area contributed by atoms with Gasteiger partial charge in [0, 0.05) is 35.8 Å². The van der Waals surface area contributed by atoms with E-state index in [9.17, 15) is 14.0 Å². The van der Waals surface area contributed by atoms with Crippen LogP contribution in [0.1, 0.15) is 32.0 Å². The Morgan fingerprint density at radius 3 is 2.51 bits per heavy atom. The third-order valence-corrected chi connectivity index (χ3v) is 5.62. The fraction of sp³-hybridized carbons (Fsp3) is 0.0690. The molecule has 0 saturated carbocycles. The Labute approximate surface area is 212 Å². The second kappa shape index (κ2) is 10.7. The number of hydrogen-bond donors (Lipinski definition) is 2. The molecule has 7 nitrogen and oxygen atoms in total. The van der Waals surface area contributed by atoms with Crippen molar-refractivity contribution in [3.05, 3.63) is 132 Å². The van der Waals surface area contributed by atoms with Crippen LogP contribution in [-0.4, -0.2) is 21.2 Å². The summed E-state index contributed by atoms with van der Waals surface area (Å²) in [5, 5.41) is 5.63. The van der Waals surface area contributed by atoms with Crippen molar-refractivity contribution < 1.29 is 18.7 Å². The van der Waals surface area contributed by atoms with Crippen LogP contribution in [0.15, 0.2) is 103 Å². The fourth-order valence-corrected chi connectivity index (χ4v) is 3.82. The van der Waals surface area contributed by atoms with E-state index in [1.165, 1.54) is 24.3 Å². The normalized spacial score (nSPS) is 10.7. The first-order chi connectivity index (χ1) is 18.0. The lowest BCUT2D eigenvalue weighted by molar-refractivity contribution is 0.0949. The van der Waals surface area contributed by atoms with E-state index in [0.29, 0.717) is 17.0 Å². The van der Waals surface area contributed by atoms with E-state index in [-0.39, 0.29) is 24.6 Å². The number of anilines is 1. The van der Waals surface area contributed by atoms with Crippen molar-refractivity contribution in [2.24, 2.45) is 0 Å². The van der Waals surface area contributed by atoms with Gasteiger partial charge in [-0.25, -0.2) is 9.37 Å². The van der Waals surface area contributed by atoms with E-state index in [1.54, 1.807) is 42.5 Å². The molecule has 0 fully saturated rings. The van der Waals surface area contributed by atoms with Crippen molar-refractivity contribution in [2.75, 3.05) is 5.32 Å². The van der Waals surface area contributed by atoms with Gasteiger partial charge in [-0.15, -0.1) is 0 Å². The second-order valence-corrected chi connectivity index (χ2v) is 8.36. The average Bonchev–Trinajstić information content (AvgIpc) is 3.34. The van der Waals surface area contributed by atoms with E-state index in [2.05, 4.69) is 15.6 Å². The molecule has 2 heterocycles. The molecule has 8 heteroatoms. The van der Waals surface area contributed by atoms with Crippen LogP contribution in [0.3, 0.4) is 0 Å². The molecular weight excluding hydrogens is 471 g/mol. The largest absolute Gasteiger partial charge is 0.487 e. The summed E-state index contributed by atoms with van der Waals surface area (Å²) >= 11 is 0. The molecule has 3 aromatic carbocycles. The first-order valence-corrected chi connectivity index (χ1v) is 11.6. The molecular formula is C29H23FN4O3. The molecule has 0 saturated heterocycles. The zero-order valence-corrected chi connectivity index (χ0v) is 19.7. The molecule has 37 heavy (non-hydrogen) atoms. The molecule has 5 aromatic rings. The molecule has 2 aromatic heterocycles. The van der Waals surface area contributed by atoms with Crippen molar-refractivity contribution in [3.8, 4) is 5.75 Å². The van der Waals surface area contributed by atoms with Gasteiger partial charge in [0.05, 0.1) is 5.69 Å². The minimum atomic E-state index is -0.478. The van der Waals surface area contributed by atoms with Crippen molar-refractivity contribution in [3.63, 3.8) is 0 Å². The van der Waals surface area contributed by atoms with Gasteiger partial charge in [-0.2, -0.15) is 0 Å². The third-order valence-electron chi connectivity index (χ3n) is 5.62. The van der Waals surface area contributed by atoms with Crippen LogP contribution in [0.4, 0.5) is 10.1 Å². The summed E-state index contributed by atoms with van der Waals surface area (Å²) in [5.74, 6) is -0.589. The van der Waals surface area contributed by atoms with Crippen LogP contribution >= 0.6 is 0 Å². The number of benzene rings is 3. The lowest BCUT2D eigenvalue weighted by Gasteiger charge is -2.10. The van der Waals surface area contributed by atoms with E-state index < -0.39 is 11.7 Å². The highest BCUT2D eigenvalue weighted by molar-refractivity contribution is 6.04. The van der Waals surface area contributed by atoms with Gasteiger partial charge in [-0.3, -0.25) is 9.59 Å². The molecule has 2 N–H and O–H groups in total. The zero-order chi connectivity index (χ0) is 25.6. The number of amides is 2. The first kappa shape index (κ1) is 23.7. The molecule has 0 aliphatic rings. The minimum absolute atomic E-state index is 0.224. The molecule has 0 bridgehead atoms. The van der Waals surface area contributed by atoms with Crippen LogP contribution in [0.5, 0.6) is 5.75 Å². The molecule has 0 aliphatic heterocycles. The SMILES string of the molecule is O=C(NCc1cccc(NC(=O)c2cccc(F)c2)c1)c1cccc(OCc2cn3ccccc3n2)c1. The summed E-state index contributed by atoms with van der Waals surface area (Å²) < 4.78 is 21.2. The van der Waals surface area contributed by atoms with E-state index in [1.807, 2.05) is 41.1 Å². The van der Waals surface area contributed by atoms with Gasteiger partial charge in [-0.05, 0) is 66.2 Å². The third kappa shape index (κ3) is 5.99. The highest BCUT2D eigenvalue weighted by Crippen LogP contribution is 2.17. The van der Waals surface area contributed by atoms with Gasteiger partial charge >= 0.3 is 0 Å². The molecule has 0 atom stereocenters. The van der Waals surface area contributed by atoms with Gasteiger partial charge < -0.3 is 19.8 Å². The van der Waals surface area contributed by atoms with Gasteiger partial charge in [0.2, 0.25) is 0 Å². The summed E-state index contributed by atoms with van der Waals surface area (Å²) in [7, 11) is 0. The predicted molar refractivity (Wildman–Crippen MR) is 138 cm³/mol. The Morgan fingerprint density at radius 1 is 0.865 bits per heavy atom. The molecule has 0 unspecified atom stereocenters. The topological polar surface area (TPSA) is 84.7 Å². The molecule has 0 radical (unpaired) electrons. The van der Waals surface area contributed by atoms with Crippen molar-refractivity contribution >= 4 is 23.1 Å². The van der Waals surface area contributed by atoms with Crippen molar-refractivity contribution in [1.82, 2.24) is 14.7 Å². The van der Waals surface area contributed by atoms with Crippen molar-refractivity contribution in [1.29, 1.82) is 0 Å². The number of nitrogens with one attached hydrogen (secondary N) is 2. The minimum Gasteiger partial charge on any atom is -0.487 e. The molecule has 0 spiro atoms. The highest BCUT2D eigenvalue weighted by Gasteiger charge is 2.10. The van der Waals surface area contributed by atoms with E-state index >= 15 is 0 Å². The van der Waals surface area contributed by atoms with Crippen LogP contribution in [0.25, 0.3) is 5.65 Å². The Kier molecular flexibility index (Phi) is 6.89. The Balaban J connectivity index is 1.17. The first-order valence-electron chi connectivity index (χ1n) is 11.6. The van der Waals surface area contributed by atoms with Crippen LogP contribution in [0.2, 0.25) is 0 Å². The number of aromatic nitrogens is 2. The summed E-state index contributed by atoms with van der Waals surface area (Å²) in [6.07, 6.45) is 3.82. The maximum Gasteiger partial charge on any atom is 0.255 e.